The minimum atomic E-state index is -0.915. The maximum absolute atomic E-state index is 13.8. The van der Waals surface area contributed by atoms with E-state index < -0.39 is 36.0 Å². The van der Waals surface area contributed by atoms with Crippen molar-refractivity contribution in [2.75, 3.05) is 13.1 Å². The fourth-order valence-electron chi connectivity index (χ4n) is 5.73. The molecule has 0 saturated heterocycles. The Morgan fingerprint density at radius 3 is 2.06 bits per heavy atom. The molecule has 0 spiro atoms. The number of nitrogens with one attached hydrogen (secondary N) is 6. The number of amides is 5. The van der Waals surface area contributed by atoms with Gasteiger partial charge in [0.25, 0.3) is 11.4 Å². The molecule has 1 heterocycles. The van der Waals surface area contributed by atoms with Crippen molar-refractivity contribution in [2.24, 2.45) is 17.8 Å². The van der Waals surface area contributed by atoms with Gasteiger partial charge in [-0.1, -0.05) is 73.4 Å². The molecule has 0 aliphatic rings. The zero-order valence-electron chi connectivity index (χ0n) is 31.3. The molecule has 278 valence electrons. The highest BCUT2D eigenvalue weighted by molar-refractivity contribution is 6.06. The average molecular weight is 699 g/mol. The van der Waals surface area contributed by atoms with Crippen LogP contribution < -0.4 is 36.6 Å². The lowest BCUT2D eigenvalue weighted by Crippen LogP contribution is -2.58. The minimum absolute atomic E-state index is 0.101. The second kappa shape index (κ2) is 20.4. The Kier molecular flexibility index (Phi) is 17.1. The second-order valence-corrected chi connectivity index (χ2v) is 13.9. The molecule has 0 radical (unpaired) electrons. The van der Waals surface area contributed by atoms with Crippen molar-refractivity contribution in [1.82, 2.24) is 31.9 Å². The summed E-state index contributed by atoms with van der Waals surface area (Å²) in [5, 5.41) is 28.4. The van der Waals surface area contributed by atoms with Crippen LogP contribution in [0.1, 0.15) is 98.4 Å². The lowest BCUT2D eigenvalue weighted by atomic mass is 9.96. The molecule has 0 aliphatic carbocycles. The van der Waals surface area contributed by atoms with E-state index >= 15 is 0 Å². The summed E-state index contributed by atoms with van der Waals surface area (Å²) in [6.45, 7) is 17.8. The molecule has 0 bridgehead atoms. The Hall–Kier alpha value is -4.26. The Morgan fingerprint density at radius 1 is 0.780 bits per heavy atom. The molecule has 1 aromatic heterocycles. The lowest BCUT2D eigenvalue weighted by molar-refractivity contribution is -0.884. The first-order valence-corrected chi connectivity index (χ1v) is 18.0. The molecule has 1 aromatic carbocycles. The third-order valence-corrected chi connectivity index (χ3v) is 8.82. The molecule has 13 heteroatoms. The van der Waals surface area contributed by atoms with E-state index in [9.17, 15) is 29.2 Å². The number of carbonyl (C=O) groups excluding carboxylic acids is 5. The SMILES string of the molecule is CCC[C@H](NC(=O)C(NC(=O)c1cc[n+](O)c2ccccc12)[C@@H](C)CC)C(=O)NC(CN[C@@H](C)C(=O)NC(C(=O)NCC)C(C)C)CC(C)C. The first kappa shape index (κ1) is 41.9. The van der Waals surface area contributed by atoms with Gasteiger partial charge in [-0.3, -0.25) is 29.2 Å². The van der Waals surface area contributed by atoms with Crippen LogP contribution >= 0.6 is 0 Å². The fraction of sp³-hybridized carbons (Fsp3) is 0.622. The van der Waals surface area contributed by atoms with Gasteiger partial charge in [0.1, 0.15) is 18.1 Å². The molecule has 13 nitrogen and oxygen atoms in total. The monoisotopic (exact) mass is 698 g/mol. The zero-order chi connectivity index (χ0) is 37.5. The number of benzene rings is 1. The van der Waals surface area contributed by atoms with Crippen LogP contribution in [0.15, 0.2) is 36.5 Å². The van der Waals surface area contributed by atoms with Crippen LogP contribution in [0.2, 0.25) is 0 Å². The van der Waals surface area contributed by atoms with Crippen molar-refractivity contribution in [3.8, 4) is 0 Å². The van der Waals surface area contributed by atoms with Crippen LogP contribution in [0.5, 0.6) is 0 Å². The van der Waals surface area contributed by atoms with E-state index in [1.165, 1.54) is 12.3 Å². The van der Waals surface area contributed by atoms with E-state index in [0.717, 1.165) is 4.73 Å². The van der Waals surface area contributed by atoms with Crippen molar-refractivity contribution in [3.05, 3.63) is 42.1 Å². The lowest BCUT2D eigenvalue weighted by Gasteiger charge is -2.29. The zero-order valence-corrected chi connectivity index (χ0v) is 31.3. The number of hydrogen-bond donors (Lipinski definition) is 7. The van der Waals surface area contributed by atoms with E-state index in [-0.39, 0.29) is 41.5 Å². The van der Waals surface area contributed by atoms with Gasteiger partial charge in [-0.05, 0) is 50.5 Å². The average Bonchev–Trinajstić information content (AvgIpc) is 3.07. The fourth-order valence-corrected chi connectivity index (χ4v) is 5.73. The topological polar surface area (TPSA) is 182 Å². The van der Waals surface area contributed by atoms with Gasteiger partial charge in [-0.25, -0.2) is 0 Å². The van der Waals surface area contributed by atoms with Crippen LogP contribution in [0, 0.1) is 17.8 Å². The Balaban J connectivity index is 2.16. The molecule has 7 N–H and O–H groups in total. The third kappa shape index (κ3) is 12.3. The summed E-state index contributed by atoms with van der Waals surface area (Å²) >= 11 is 0. The first-order valence-electron chi connectivity index (χ1n) is 18.0. The van der Waals surface area contributed by atoms with Crippen molar-refractivity contribution in [3.63, 3.8) is 0 Å². The maximum atomic E-state index is 13.8. The summed E-state index contributed by atoms with van der Waals surface area (Å²) in [4.78, 5) is 66.4. The number of nitrogens with zero attached hydrogens (tertiary/aromatic N) is 1. The highest BCUT2D eigenvalue weighted by atomic mass is 16.5. The van der Waals surface area contributed by atoms with E-state index in [1.54, 1.807) is 31.2 Å². The van der Waals surface area contributed by atoms with Gasteiger partial charge in [0.05, 0.1) is 17.0 Å². The van der Waals surface area contributed by atoms with E-state index in [0.29, 0.717) is 55.2 Å². The van der Waals surface area contributed by atoms with Crippen molar-refractivity contribution < 1.29 is 33.9 Å². The Bertz CT molecular complexity index is 1450. The number of carbonyl (C=O) groups is 5. The van der Waals surface area contributed by atoms with Crippen LogP contribution in [0.25, 0.3) is 10.9 Å². The van der Waals surface area contributed by atoms with E-state index in [4.69, 9.17) is 0 Å². The quantitative estimate of drug-likeness (QED) is 0.0820. The van der Waals surface area contributed by atoms with Gasteiger partial charge >= 0.3 is 0 Å². The molecule has 0 saturated carbocycles. The smallest absolute Gasteiger partial charge is 0.265 e. The first-order chi connectivity index (χ1) is 23.6. The standard InChI is InChI=1S/C37H59N7O6/c1-10-15-29(35(47)40-26(20-22(4)5)21-39-25(9)33(45)42-31(23(6)7)36(48)38-12-3)41-37(49)32(24(8)11-2)43-34(46)28-18-19-44(50)30-17-14-13-16-27(28)30/h13-14,16-19,22-26,29,31-32,39H,10-12,15,20-21H2,1-9H3,(H5-,38,40,41,42,43,45,46,47,48,49,50)/p+1/t24-,25-,26?,29-,31?,32?/m0/s1. The van der Waals surface area contributed by atoms with Crippen LogP contribution in [-0.4, -0.2) is 78.0 Å². The van der Waals surface area contributed by atoms with Gasteiger partial charge in [-0.2, -0.15) is 0 Å². The Labute approximate surface area is 297 Å². The van der Waals surface area contributed by atoms with Crippen LogP contribution in [0.4, 0.5) is 0 Å². The van der Waals surface area contributed by atoms with Crippen molar-refractivity contribution in [1.29, 1.82) is 0 Å². The summed E-state index contributed by atoms with van der Waals surface area (Å²) in [7, 11) is 0. The maximum Gasteiger partial charge on any atom is 0.265 e. The molecular formula is C37H60N7O6+. The molecule has 6 atom stereocenters. The van der Waals surface area contributed by atoms with Gasteiger partial charge in [0.2, 0.25) is 29.8 Å². The summed E-state index contributed by atoms with van der Waals surface area (Å²) in [5.41, 5.74) is 0.759. The van der Waals surface area contributed by atoms with Gasteiger partial charge < -0.3 is 31.9 Å². The number of hydrogen-bond acceptors (Lipinski definition) is 7. The molecule has 5 amide bonds. The van der Waals surface area contributed by atoms with Gasteiger partial charge in [0, 0.05) is 36.0 Å². The highest BCUT2D eigenvalue weighted by Gasteiger charge is 2.32. The molecule has 0 fully saturated rings. The van der Waals surface area contributed by atoms with Gasteiger partial charge in [-0.15, -0.1) is 0 Å². The van der Waals surface area contributed by atoms with E-state index in [2.05, 4.69) is 31.9 Å². The van der Waals surface area contributed by atoms with Gasteiger partial charge in [0.15, 0.2) is 0 Å². The minimum Gasteiger partial charge on any atom is -0.355 e. The summed E-state index contributed by atoms with van der Waals surface area (Å²) in [6, 6.07) is 5.02. The molecule has 3 unspecified atom stereocenters. The number of fused-ring (bicyclic) bond motifs is 1. The molecule has 2 aromatic rings. The van der Waals surface area contributed by atoms with Crippen LogP contribution in [-0.2, 0) is 19.2 Å². The second-order valence-electron chi connectivity index (χ2n) is 13.9. The number of rotatable bonds is 20. The van der Waals surface area contributed by atoms with Crippen LogP contribution in [0.3, 0.4) is 0 Å². The van der Waals surface area contributed by atoms with Crippen molar-refractivity contribution >= 4 is 40.4 Å². The molecular weight excluding hydrogens is 638 g/mol. The highest BCUT2D eigenvalue weighted by Crippen LogP contribution is 2.17. The summed E-state index contributed by atoms with van der Waals surface area (Å²) in [6.07, 6.45) is 3.61. The summed E-state index contributed by atoms with van der Waals surface area (Å²) < 4.78 is 0.938. The Morgan fingerprint density at radius 2 is 1.46 bits per heavy atom. The normalized spacial score (nSPS) is 15.0. The number of aromatic nitrogens is 1. The number of pyridine rings is 1. The largest absolute Gasteiger partial charge is 0.355 e. The molecule has 0 aliphatic heterocycles. The molecule has 50 heavy (non-hydrogen) atoms. The summed E-state index contributed by atoms with van der Waals surface area (Å²) in [5.74, 6) is -1.95. The van der Waals surface area contributed by atoms with Crippen molar-refractivity contribution in [2.45, 2.75) is 118 Å². The van der Waals surface area contributed by atoms with E-state index in [1.807, 2.05) is 55.4 Å². The predicted molar refractivity (Wildman–Crippen MR) is 193 cm³/mol. The number of likely N-dealkylation sites (N-methyl/N-ethyl adjacent to an activating group) is 1. The number of para-hydroxylation sites is 1. The molecule has 2 rings (SSSR count). The third-order valence-electron chi connectivity index (χ3n) is 8.82. The predicted octanol–water partition coefficient (Wildman–Crippen LogP) is 2.58.